The van der Waals surface area contributed by atoms with Crippen LogP contribution in [-0.2, 0) is 64.0 Å². The number of anilines is 2. The average molecular weight is 1240 g/mol. The summed E-state index contributed by atoms with van der Waals surface area (Å²) in [6, 6.07) is 3.46. The fourth-order valence-corrected chi connectivity index (χ4v) is 12.9. The maximum atomic E-state index is 14.0. The Labute approximate surface area is 504 Å². The number of nitrogens with two attached hydrogens (primary N) is 4. The summed E-state index contributed by atoms with van der Waals surface area (Å²) in [6.45, 7) is 2.41. The van der Waals surface area contributed by atoms with Crippen molar-refractivity contribution in [1.29, 1.82) is 0 Å². The molecule has 3 aromatic rings. The van der Waals surface area contributed by atoms with Crippen LogP contribution >= 0.6 is 11.8 Å². The number of aromatic nitrogens is 4. The van der Waals surface area contributed by atoms with Crippen molar-refractivity contribution in [3.8, 4) is 0 Å². The molecular formula is C55H65N15O17S. The predicted molar refractivity (Wildman–Crippen MR) is 309 cm³/mol. The van der Waals surface area contributed by atoms with Gasteiger partial charge in [-0.1, -0.05) is 0 Å². The molecule has 1 aliphatic carbocycles. The number of nitrogens with one attached hydrogen (secondary N) is 4. The Bertz CT molecular complexity index is 3570. The number of allylic oxidation sites excluding steroid dienone is 2. The van der Waals surface area contributed by atoms with E-state index < -0.39 is 161 Å². The van der Waals surface area contributed by atoms with Gasteiger partial charge in [-0.15, -0.1) is 11.8 Å². The van der Waals surface area contributed by atoms with Gasteiger partial charge in [0.1, 0.15) is 18.9 Å². The van der Waals surface area contributed by atoms with Gasteiger partial charge in [-0.2, -0.15) is 4.98 Å². The number of nitrogen functional groups attached to an aromatic ring is 1. The molecule has 1 aromatic carbocycles. The molecule has 4 aliphatic heterocycles. The van der Waals surface area contributed by atoms with Crippen molar-refractivity contribution >= 4 is 111 Å². The third kappa shape index (κ3) is 13.9. The number of Topliss-reactive ketones (excluding diaryl/α,β-unsaturated/α-hetero) is 4. The normalized spacial score (nSPS) is 21.1. The van der Waals surface area contributed by atoms with E-state index in [1.807, 2.05) is 0 Å². The van der Waals surface area contributed by atoms with Crippen LogP contribution in [0.15, 0.2) is 62.9 Å². The zero-order valence-electron chi connectivity index (χ0n) is 47.9. The van der Waals surface area contributed by atoms with Crippen LogP contribution in [0.25, 0.3) is 11.2 Å². The second-order valence-electron chi connectivity index (χ2n) is 21.8. The molecule has 3 fully saturated rings. The molecule has 5 aliphatic rings. The molecular weight excluding hydrogens is 1170 g/mol. The van der Waals surface area contributed by atoms with E-state index in [1.54, 1.807) is 36.1 Å². The van der Waals surface area contributed by atoms with Gasteiger partial charge in [-0.3, -0.25) is 72.4 Å². The lowest BCUT2D eigenvalue weighted by molar-refractivity contribution is -0.144. The molecule has 0 saturated carbocycles. The number of methoxy groups -OCH3 is 1. The monoisotopic (exact) mass is 1240 g/mol. The summed E-state index contributed by atoms with van der Waals surface area (Å²) in [5.41, 5.74) is 21.7. The van der Waals surface area contributed by atoms with Crippen LogP contribution in [0, 0.1) is 17.8 Å². The van der Waals surface area contributed by atoms with Crippen molar-refractivity contribution in [1.82, 2.24) is 45.3 Å². The first-order valence-corrected chi connectivity index (χ1v) is 28.8. The molecule has 3 saturated heterocycles. The Balaban J connectivity index is 0.816. The van der Waals surface area contributed by atoms with Crippen LogP contribution in [0.2, 0.25) is 0 Å². The molecule has 468 valence electrons. The highest BCUT2D eigenvalue weighted by molar-refractivity contribution is 8.00. The minimum Gasteiger partial charge on any atom is -0.492 e. The van der Waals surface area contributed by atoms with E-state index in [9.17, 15) is 72.5 Å². The number of nitrogens with zero attached hydrogens (tertiary/aromatic N) is 7. The van der Waals surface area contributed by atoms with Crippen molar-refractivity contribution in [2.75, 3.05) is 56.7 Å². The molecule has 14 N–H and O–H groups in total. The highest BCUT2D eigenvalue weighted by Crippen LogP contribution is 2.59. The van der Waals surface area contributed by atoms with Crippen LogP contribution < -0.4 is 44.4 Å². The number of carbonyl (C=O) groups excluding carboxylic acids is 10. The van der Waals surface area contributed by atoms with E-state index in [-0.39, 0.29) is 104 Å². The quantitative estimate of drug-likeness (QED) is 0.00882. The van der Waals surface area contributed by atoms with Crippen molar-refractivity contribution in [3.05, 3.63) is 74.7 Å². The van der Waals surface area contributed by atoms with Gasteiger partial charge in [0.15, 0.2) is 28.7 Å². The maximum Gasteiger partial charge on any atom is 0.404 e. The molecule has 1 unspecified atom stereocenters. The van der Waals surface area contributed by atoms with Gasteiger partial charge in [0.25, 0.3) is 11.5 Å². The van der Waals surface area contributed by atoms with E-state index in [0.717, 1.165) is 16.7 Å². The maximum absolute atomic E-state index is 14.0. The third-order valence-corrected chi connectivity index (χ3v) is 17.4. The number of aliphatic imine (C=N–C) groups is 1. The minimum atomic E-state index is -1.76. The molecule has 0 spiro atoms. The van der Waals surface area contributed by atoms with E-state index in [0.29, 0.717) is 16.9 Å². The summed E-state index contributed by atoms with van der Waals surface area (Å²) in [7, 11) is 1.24. The lowest BCUT2D eigenvalue weighted by Crippen LogP contribution is -2.53. The molecule has 32 nitrogen and oxygen atoms in total. The summed E-state index contributed by atoms with van der Waals surface area (Å²) >= 11 is 0.733. The predicted octanol–water partition coefficient (Wildman–Crippen LogP) is -1.77. The number of thioether (sulfide) groups is 1. The van der Waals surface area contributed by atoms with Gasteiger partial charge in [-0.25, -0.2) is 14.8 Å². The number of hydrogen-bond donors (Lipinski definition) is 10. The van der Waals surface area contributed by atoms with E-state index in [2.05, 4.69) is 40.9 Å². The number of fused-ring (bicyclic) bond motifs is 5. The number of hydrogen-bond acceptors (Lipinski definition) is 23. The molecule has 33 heteroatoms. The number of carboxylic acids is 2. The van der Waals surface area contributed by atoms with Gasteiger partial charge in [0, 0.05) is 85.3 Å². The van der Waals surface area contributed by atoms with Crippen LogP contribution in [-0.4, -0.2) is 196 Å². The first-order valence-electron chi connectivity index (χ1n) is 27.8. The Morgan fingerprint density at radius 1 is 0.955 bits per heavy atom. The van der Waals surface area contributed by atoms with E-state index in [1.165, 1.54) is 25.1 Å². The number of ketones is 4. The number of likely N-dealkylation sites (tertiary alicyclic amines) is 1. The molecule has 8 atom stereocenters. The number of amides is 6. The van der Waals surface area contributed by atoms with E-state index >= 15 is 0 Å². The number of guanidine groups is 1. The van der Waals surface area contributed by atoms with E-state index in [4.69, 9.17) is 32.4 Å². The average Bonchev–Trinajstić information content (AvgIpc) is 1.50. The molecule has 6 heterocycles. The highest BCUT2D eigenvalue weighted by atomic mass is 32.2. The summed E-state index contributed by atoms with van der Waals surface area (Å²) in [6.07, 6.45) is -2.05. The van der Waals surface area contributed by atoms with Gasteiger partial charge in [0.2, 0.25) is 41.1 Å². The second kappa shape index (κ2) is 26.8. The van der Waals surface area contributed by atoms with Crippen LogP contribution in [0.3, 0.4) is 0 Å². The van der Waals surface area contributed by atoms with Gasteiger partial charge in [0.05, 0.1) is 72.5 Å². The standard InChI is InChI=1S/C55H65N15O17S/c1-24-42(77)41-39(43(78)44(24)86-3)31(22-87-54(59)85)55(2)45-33(20-69(41)55)70(45)37(74)21-68-36(73)17-35(50(68)82)88-23-27(51(83)84)15-34(72)32(16-38(75)76)65-48(80)26(6-4-13-61-52(56)57)14-30(71)7-5-12-60-47(79)25-8-10-28(11-9-25)62-18-29-19-63-46-40(64-29)49(81)67-53(58)66-46/h8-11,19,26-27,31-33,35,45,62H,4-7,12-18,20-23H2,1-3H3,(H2,59,85)(H,60,79)(H,65,80)(H,75,76)(H,83,84)(H4,56,57,61)(H3,58,63,66,67,81)/t26-,27+,31-,32+,33+,35?,45+,55+,70?/m0/s1. The summed E-state index contributed by atoms with van der Waals surface area (Å²) in [4.78, 5) is 194. The van der Waals surface area contributed by atoms with Crippen LogP contribution in [0.4, 0.5) is 16.4 Å². The number of carbonyl (C=O) groups is 12. The zero-order chi connectivity index (χ0) is 64.1. The smallest absolute Gasteiger partial charge is 0.404 e. The zero-order valence-corrected chi connectivity index (χ0v) is 48.7. The lowest BCUT2D eigenvalue weighted by atomic mass is 9.78. The van der Waals surface area contributed by atoms with Crippen molar-refractivity contribution < 1.29 is 77.2 Å². The molecule has 2 aromatic heterocycles. The Hall–Kier alpha value is -9.82. The largest absolute Gasteiger partial charge is 0.492 e. The number of rotatable bonds is 30. The highest BCUT2D eigenvalue weighted by Gasteiger charge is 2.74. The molecule has 6 amide bonds. The lowest BCUT2D eigenvalue weighted by Gasteiger charge is -2.39. The minimum absolute atomic E-state index is 0.000208. The number of primary amides is 1. The van der Waals surface area contributed by atoms with Crippen LogP contribution in [0.5, 0.6) is 0 Å². The van der Waals surface area contributed by atoms with Gasteiger partial charge >= 0.3 is 18.0 Å². The number of ether oxygens (including phenoxy) is 2. The second-order valence-corrected chi connectivity index (χ2v) is 23.0. The van der Waals surface area contributed by atoms with Gasteiger partial charge in [-0.05, 0) is 57.4 Å². The molecule has 88 heavy (non-hydrogen) atoms. The number of benzene rings is 1. The fraction of sp³-hybridized carbons (Fsp3) is 0.473. The Kier molecular flexibility index (Phi) is 19.6. The number of imide groups is 1. The molecule has 0 bridgehead atoms. The number of carboxylic acid groups (broad SMARTS) is 2. The first kappa shape index (κ1) is 64.2. The Morgan fingerprint density at radius 3 is 2.35 bits per heavy atom. The van der Waals surface area contributed by atoms with Crippen molar-refractivity contribution in [3.63, 3.8) is 0 Å². The SMILES string of the molecule is COC1=C(C)C(=O)C2=C(C1=O)[C@H](COC(N)=O)[C@]1(C)[C@H]3[C@@H](CN21)N3C(=O)CN1C(=O)CC(SC[C@@H](CC(=O)[C@@H](CC(=O)O)NC(=O)[C@@H](CCCN=C(N)N)CC(=O)CCCNC(=O)c2ccc(NCc3cnc4nc(N)[nH]c(=O)c4n3)cc2)C(=O)O)C1=O. The molecule has 8 rings (SSSR count). The number of H-pyrrole nitrogens is 1. The summed E-state index contributed by atoms with van der Waals surface area (Å²) in [5.74, 6) is -13.6. The molecule has 0 radical (unpaired) electrons. The Morgan fingerprint density at radius 2 is 1.68 bits per heavy atom. The number of aromatic amines is 1. The fourth-order valence-electron chi connectivity index (χ4n) is 11.6. The number of piperazine rings is 1. The third-order valence-electron chi connectivity index (χ3n) is 16.0. The number of aliphatic carboxylic acids is 2. The summed E-state index contributed by atoms with van der Waals surface area (Å²) in [5, 5.41) is 27.1. The van der Waals surface area contributed by atoms with Gasteiger partial charge < -0.3 is 68.4 Å². The van der Waals surface area contributed by atoms with Crippen LogP contribution in [0.1, 0.15) is 81.3 Å². The van der Waals surface area contributed by atoms with Crippen molar-refractivity contribution in [2.45, 2.75) is 101 Å². The topological polar surface area (TPSA) is 497 Å². The summed E-state index contributed by atoms with van der Waals surface area (Å²) < 4.78 is 10.4. The van der Waals surface area contributed by atoms with Crippen molar-refractivity contribution in [2.24, 2.45) is 39.9 Å². The first-order chi connectivity index (χ1) is 41.7.